The number of benzene rings is 1. The van der Waals surface area contributed by atoms with Gasteiger partial charge in [0.1, 0.15) is 11.6 Å². The summed E-state index contributed by atoms with van der Waals surface area (Å²) in [6, 6.07) is 7.57. The van der Waals surface area contributed by atoms with Gasteiger partial charge < -0.3 is 10.0 Å². The van der Waals surface area contributed by atoms with Crippen molar-refractivity contribution in [1.82, 2.24) is 20.1 Å². The molecule has 0 bridgehead atoms. The van der Waals surface area contributed by atoms with Crippen molar-refractivity contribution in [2.75, 3.05) is 6.54 Å². The summed E-state index contributed by atoms with van der Waals surface area (Å²) in [7, 11) is 0. The van der Waals surface area contributed by atoms with Crippen LogP contribution in [0.15, 0.2) is 36.4 Å². The monoisotopic (exact) mass is 516 g/mol. The van der Waals surface area contributed by atoms with E-state index in [0.29, 0.717) is 42.9 Å². The number of alkyl halides is 3. The van der Waals surface area contributed by atoms with Crippen LogP contribution in [0.5, 0.6) is 0 Å². The first-order chi connectivity index (χ1) is 17.4. The standard InChI is InChI=1S/C26H27F3N4O4/c1-15-12-25(37,10-11-32(15)13-16-2-4-17(5-3-16)26(27,28)29)21-8-6-18-19(30-21)14-33(24(18)36)20-7-9-22(34)31-23(20)35/h2-6,8,15,20,37H,7,9-14H2,1H3,(H,31,34,35). The number of fused-ring (bicyclic) bond motifs is 1. The summed E-state index contributed by atoms with van der Waals surface area (Å²) in [6.07, 6.45) is -3.22. The Morgan fingerprint density at radius 1 is 1.14 bits per heavy atom. The van der Waals surface area contributed by atoms with Crippen molar-refractivity contribution in [3.8, 4) is 0 Å². The molecule has 196 valence electrons. The van der Waals surface area contributed by atoms with Crippen molar-refractivity contribution in [2.45, 2.75) is 69.6 Å². The molecule has 0 radical (unpaired) electrons. The van der Waals surface area contributed by atoms with Crippen LogP contribution in [0.4, 0.5) is 13.2 Å². The minimum Gasteiger partial charge on any atom is -0.383 e. The van der Waals surface area contributed by atoms with E-state index in [1.54, 1.807) is 12.1 Å². The van der Waals surface area contributed by atoms with Crippen LogP contribution in [0.3, 0.4) is 0 Å². The highest BCUT2D eigenvalue weighted by Crippen LogP contribution is 2.37. The molecule has 0 aliphatic carbocycles. The van der Waals surface area contributed by atoms with E-state index in [-0.39, 0.29) is 37.2 Å². The number of piperidine rings is 2. The van der Waals surface area contributed by atoms with E-state index in [2.05, 4.69) is 15.2 Å². The smallest absolute Gasteiger partial charge is 0.383 e. The Kier molecular flexibility index (Phi) is 6.31. The summed E-state index contributed by atoms with van der Waals surface area (Å²) in [5.74, 6) is -1.17. The molecule has 3 aliphatic rings. The maximum absolute atomic E-state index is 12.9. The van der Waals surface area contributed by atoms with Crippen LogP contribution in [0.25, 0.3) is 0 Å². The van der Waals surface area contributed by atoms with Crippen molar-refractivity contribution >= 4 is 17.7 Å². The van der Waals surface area contributed by atoms with Crippen LogP contribution in [-0.2, 0) is 34.5 Å². The number of imide groups is 1. The van der Waals surface area contributed by atoms with Gasteiger partial charge in [0.05, 0.1) is 29.1 Å². The number of rotatable bonds is 4. The molecule has 3 aliphatic heterocycles. The maximum Gasteiger partial charge on any atom is 0.416 e. The van der Waals surface area contributed by atoms with Crippen LogP contribution in [-0.4, -0.2) is 56.2 Å². The molecule has 11 heteroatoms. The largest absolute Gasteiger partial charge is 0.416 e. The summed E-state index contributed by atoms with van der Waals surface area (Å²) < 4.78 is 38.5. The van der Waals surface area contributed by atoms with E-state index in [9.17, 15) is 32.7 Å². The third kappa shape index (κ3) is 4.85. The second-order valence-corrected chi connectivity index (χ2v) is 10.1. The molecule has 0 saturated carbocycles. The second-order valence-electron chi connectivity index (χ2n) is 10.1. The molecule has 5 rings (SSSR count). The molecule has 0 spiro atoms. The number of carbonyl (C=O) groups is 3. The number of hydrogen-bond donors (Lipinski definition) is 2. The Bertz CT molecular complexity index is 1250. The number of nitrogens with zero attached hydrogens (tertiary/aromatic N) is 3. The van der Waals surface area contributed by atoms with Gasteiger partial charge in [0, 0.05) is 25.6 Å². The molecule has 4 heterocycles. The predicted octanol–water partition coefficient (Wildman–Crippen LogP) is 2.73. The second kappa shape index (κ2) is 9.21. The topological polar surface area (TPSA) is 103 Å². The van der Waals surface area contributed by atoms with Gasteiger partial charge in [0.15, 0.2) is 0 Å². The van der Waals surface area contributed by atoms with E-state index in [4.69, 9.17) is 0 Å². The average Bonchev–Trinajstić information content (AvgIpc) is 3.16. The molecule has 1 aromatic heterocycles. The molecule has 3 unspecified atom stereocenters. The molecule has 2 saturated heterocycles. The van der Waals surface area contributed by atoms with Gasteiger partial charge in [0.25, 0.3) is 5.91 Å². The van der Waals surface area contributed by atoms with Crippen LogP contribution < -0.4 is 5.32 Å². The fraction of sp³-hybridized carbons (Fsp3) is 0.462. The number of hydrogen-bond acceptors (Lipinski definition) is 6. The van der Waals surface area contributed by atoms with Gasteiger partial charge in [-0.15, -0.1) is 0 Å². The molecule has 37 heavy (non-hydrogen) atoms. The van der Waals surface area contributed by atoms with Gasteiger partial charge in [-0.25, -0.2) is 0 Å². The fourth-order valence-corrected chi connectivity index (χ4v) is 5.46. The predicted molar refractivity (Wildman–Crippen MR) is 125 cm³/mol. The minimum atomic E-state index is -4.38. The van der Waals surface area contributed by atoms with E-state index in [1.807, 2.05) is 6.92 Å². The van der Waals surface area contributed by atoms with Gasteiger partial charge in [-0.05, 0) is 56.0 Å². The van der Waals surface area contributed by atoms with Crippen molar-refractivity contribution < 1.29 is 32.7 Å². The number of aromatic nitrogens is 1. The van der Waals surface area contributed by atoms with E-state index in [0.717, 1.165) is 17.7 Å². The van der Waals surface area contributed by atoms with Gasteiger partial charge in [-0.3, -0.25) is 29.6 Å². The average molecular weight is 517 g/mol. The molecular formula is C26H27F3N4O4. The zero-order chi connectivity index (χ0) is 26.5. The Morgan fingerprint density at radius 3 is 2.51 bits per heavy atom. The lowest BCUT2D eigenvalue weighted by Crippen LogP contribution is -2.52. The van der Waals surface area contributed by atoms with Crippen LogP contribution in [0.2, 0.25) is 0 Å². The van der Waals surface area contributed by atoms with Crippen LogP contribution >= 0.6 is 0 Å². The lowest BCUT2D eigenvalue weighted by Gasteiger charge is -2.42. The quantitative estimate of drug-likeness (QED) is 0.606. The summed E-state index contributed by atoms with van der Waals surface area (Å²) in [6.45, 7) is 3.05. The molecular weight excluding hydrogens is 489 g/mol. The Hall–Kier alpha value is -3.31. The molecule has 8 nitrogen and oxygen atoms in total. The highest BCUT2D eigenvalue weighted by Gasteiger charge is 2.43. The number of amides is 3. The first-order valence-electron chi connectivity index (χ1n) is 12.2. The highest BCUT2D eigenvalue weighted by molar-refractivity contribution is 6.05. The summed E-state index contributed by atoms with van der Waals surface area (Å²) in [5.41, 5.74) is 0.161. The normalized spacial score (nSPS) is 26.8. The van der Waals surface area contributed by atoms with Gasteiger partial charge in [-0.1, -0.05) is 12.1 Å². The summed E-state index contributed by atoms with van der Waals surface area (Å²) in [4.78, 5) is 44.8. The number of carbonyl (C=O) groups excluding carboxylic acids is 3. The SMILES string of the molecule is CC1CC(O)(c2ccc3c(n2)CN(C2CCC(=O)NC2=O)C3=O)CCN1Cc1ccc(C(F)(F)F)cc1. The van der Waals surface area contributed by atoms with Gasteiger partial charge in [0.2, 0.25) is 11.8 Å². The van der Waals surface area contributed by atoms with Gasteiger partial charge in [-0.2, -0.15) is 13.2 Å². The zero-order valence-corrected chi connectivity index (χ0v) is 20.2. The van der Waals surface area contributed by atoms with Gasteiger partial charge >= 0.3 is 6.18 Å². The molecule has 3 atom stereocenters. The number of aliphatic hydroxyl groups is 1. The van der Waals surface area contributed by atoms with E-state index < -0.39 is 29.3 Å². The molecule has 2 fully saturated rings. The number of likely N-dealkylation sites (tertiary alicyclic amines) is 1. The summed E-state index contributed by atoms with van der Waals surface area (Å²) >= 11 is 0. The molecule has 1 aromatic carbocycles. The van der Waals surface area contributed by atoms with Crippen LogP contribution in [0.1, 0.15) is 65.5 Å². The Morgan fingerprint density at radius 2 is 1.86 bits per heavy atom. The third-order valence-electron chi connectivity index (χ3n) is 7.58. The lowest BCUT2D eigenvalue weighted by atomic mass is 9.83. The highest BCUT2D eigenvalue weighted by atomic mass is 19.4. The Balaban J connectivity index is 1.26. The Labute approximate surface area is 211 Å². The van der Waals surface area contributed by atoms with Crippen molar-refractivity contribution in [3.05, 3.63) is 64.5 Å². The van der Waals surface area contributed by atoms with E-state index >= 15 is 0 Å². The van der Waals surface area contributed by atoms with Crippen molar-refractivity contribution in [3.63, 3.8) is 0 Å². The molecule has 3 amide bonds. The van der Waals surface area contributed by atoms with Crippen molar-refractivity contribution in [1.29, 1.82) is 0 Å². The number of pyridine rings is 1. The number of halogens is 3. The van der Waals surface area contributed by atoms with Crippen molar-refractivity contribution in [2.24, 2.45) is 0 Å². The maximum atomic E-state index is 12.9. The zero-order valence-electron chi connectivity index (χ0n) is 20.2. The first kappa shape index (κ1) is 25.3. The fourth-order valence-electron chi connectivity index (χ4n) is 5.46. The third-order valence-corrected chi connectivity index (χ3v) is 7.58. The van der Waals surface area contributed by atoms with E-state index in [1.165, 1.54) is 17.0 Å². The lowest BCUT2D eigenvalue weighted by molar-refractivity contribution is -0.138. The molecule has 2 aromatic rings. The number of nitrogens with one attached hydrogen (secondary N) is 1. The molecule has 2 N–H and O–H groups in total. The minimum absolute atomic E-state index is 0.0716. The first-order valence-corrected chi connectivity index (χ1v) is 12.2. The van der Waals surface area contributed by atoms with Crippen LogP contribution in [0, 0.1) is 0 Å². The summed E-state index contributed by atoms with van der Waals surface area (Å²) in [5, 5.41) is 13.8.